The number of hydrogen-bond donors (Lipinski definition) is 2. The summed E-state index contributed by atoms with van der Waals surface area (Å²) in [5.74, 6) is 0.104. The summed E-state index contributed by atoms with van der Waals surface area (Å²) < 4.78 is 5.69. The van der Waals surface area contributed by atoms with Gasteiger partial charge in [0.15, 0.2) is 0 Å². The SMILES string of the molecule is CC1CC(NC(=O)Cc2coc3cc4c(cc23)CCC4)CCN1. The molecule has 2 aromatic rings. The highest BCUT2D eigenvalue weighted by molar-refractivity contribution is 5.88. The Morgan fingerprint density at radius 3 is 3.00 bits per heavy atom. The van der Waals surface area contributed by atoms with E-state index < -0.39 is 0 Å². The zero-order valence-corrected chi connectivity index (χ0v) is 13.7. The van der Waals surface area contributed by atoms with Crippen LogP contribution in [-0.4, -0.2) is 24.5 Å². The predicted molar refractivity (Wildman–Crippen MR) is 90.6 cm³/mol. The summed E-state index contributed by atoms with van der Waals surface area (Å²) in [7, 11) is 0. The maximum atomic E-state index is 12.4. The molecular formula is C19H24N2O2. The molecule has 1 aromatic heterocycles. The summed E-state index contributed by atoms with van der Waals surface area (Å²) >= 11 is 0. The molecule has 1 aliphatic heterocycles. The molecule has 1 fully saturated rings. The monoisotopic (exact) mass is 312 g/mol. The highest BCUT2D eigenvalue weighted by Gasteiger charge is 2.21. The maximum Gasteiger partial charge on any atom is 0.224 e. The number of benzene rings is 1. The molecule has 0 radical (unpaired) electrons. The van der Waals surface area contributed by atoms with Gasteiger partial charge in [-0.15, -0.1) is 0 Å². The average Bonchev–Trinajstić information content (AvgIpc) is 3.12. The topological polar surface area (TPSA) is 54.3 Å². The van der Waals surface area contributed by atoms with Gasteiger partial charge in [-0.3, -0.25) is 4.79 Å². The molecule has 23 heavy (non-hydrogen) atoms. The molecule has 1 amide bonds. The van der Waals surface area contributed by atoms with Crippen molar-refractivity contribution >= 4 is 16.9 Å². The lowest BCUT2D eigenvalue weighted by atomic mass is 10.00. The summed E-state index contributed by atoms with van der Waals surface area (Å²) in [6.07, 6.45) is 7.70. The van der Waals surface area contributed by atoms with Gasteiger partial charge in [0.2, 0.25) is 5.91 Å². The molecular weight excluding hydrogens is 288 g/mol. The first-order valence-corrected chi connectivity index (χ1v) is 8.73. The largest absolute Gasteiger partial charge is 0.464 e. The highest BCUT2D eigenvalue weighted by Crippen LogP contribution is 2.30. The van der Waals surface area contributed by atoms with E-state index in [0.29, 0.717) is 18.5 Å². The van der Waals surface area contributed by atoms with Gasteiger partial charge in [-0.2, -0.15) is 0 Å². The molecule has 2 aliphatic rings. The number of carbonyl (C=O) groups excluding carboxylic acids is 1. The average molecular weight is 312 g/mol. The van der Waals surface area contributed by atoms with Crippen LogP contribution in [0.3, 0.4) is 0 Å². The van der Waals surface area contributed by atoms with E-state index in [1.165, 1.54) is 17.5 Å². The van der Waals surface area contributed by atoms with Crippen LogP contribution in [0.2, 0.25) is 0 Å². The van der Waals surface area contributed by atoms with Crippen molar-refractivity contribution in [1.82, 2.24) is 10.6 Å². The van der Waals surface area contributed by atoms with E-state index in [-0.39, 0.29) is 5.91 Å². The number of carbonyl (C=O) groups is 1. The van der Waals surface area contributed by atoms with Crippen LogP contribution in [0.4, 0.5) is 0 Å². The van der Waals surface area contributed by atoms with Crippen LogP contribution in [0.1, 0.15) is 42.9 Å². The van der Waals surface area contributed by atoms with Gasteiger partial charge in [-0.1, -0.05) is 0 Å². The van der Waals surface area contributed by atoms with Crippen molar-refractivity contribution in [1.29, 1.82) is 0 Å². The molecule has 0 saturated carbocycles. The van der Waals surface area contributed by atoms with Gasteiger partial charge in [0.05, 0.1) is 12.7 Å². The molecule has 4 heteroatoms. The highest BCUT2D eigenvalue weighted by atomic mass is 16.3. The minimum atomic E-state index is 0.104. The fraction of sp³-hybridized carbons (Fsp3) is 0.526. The second kappa shape index (κ2) is 6.00. The third kappa shape index (κ3) is 3.00. The Bertz CT molecular complexity index is 734. The van der Waals surface area contributed by atoms with E-state index in [9.17, 15) is 4.79 Å². The lowest BCUT2D eigenvalue weighted by Crippen LogP contribution is -2.46. The summed E-state index contributed by atoms with van der Waals surface area (Å²) in [6, 6.07) is 5.16. The van der Waals surface area contributed by atoms with Crippen molar-refractivity contribution in [3.63, 3.8) is 0 Å². The minimum Gasteiger partial charge on any atom is -0.464 e. The Morgan fingerprint density at radius 2 is 2.17 bits per heavy atom. The Kier molecular flexibility index (Phi) is 3.85. The number of fused-ring (bicyclic) bond motifs is 2. The minimum absolute atomic E-state index is 0.104. The second-order valence-electron chi connectivity index (χ2n) is 7.05. The van der Waals surface area contributed by atoms with E-state index in [1.807, 2.05) is 0 Å². The van der Waals surface area contributed by atoms with Crippen LogP contribution < -0.4 is 10.6 Å². The summed E-state index contributed by atoms with van der Waals surface area (Å²) in [5.41, 5.74) is 4.76. The Morgan fingerprint density at radius 1 is 1.35 bits per heavy atom. The Labute approximate surface area is 136 Å². The molecule has 4 nitrogen and oxygen atoms in total. The van der Waals surface area contributed by atoms with E-state index in [4.69, 9.17) is 4.42 Å². The predicted octanol–water partition coefficient (Wildman–Crippen LogP) is 2.72. The third-order valence-corrected chi connectivity index (χ3v) is 5.21. The first kappa shape index (κ1) is 14.8. The van der Waals surface area contributed by atoms with Crippen LogP contribution in [0, 0.1) is 0 Å². The standard InChI is InChI=1S/C19H24N2O2/c1-12-7-16(5-6-20-12)21-19(22)10-15-11-23-18-9-14-4-2-3-13(14)8-17(15)18/h8-9,11-12,16,20H,2-7,10H2,1H3,(H,21,22). The molecule has 0 bridgehead atoms. The second-order valence-corrected chi connectivity index (χ2v) is 7.05. The van der Waals surface area contributed by atoms with Crippen molar-refractivity contribution in [2.75, 3.05) is 6.54 Å². The molecule has 2 N–H and O–H groups in total. The van der Waals surface area contributed by atoms with Crippen LogP contribution in [0.5, 0.6) is 0 Å². The smallest absolute Gasteiger partial charge is 0.224 e. The molecule has 0 spiro atoms. The summed E-state index contributed by atoms with van der Waals surface area (Å²) in [4.78, 5) is 12.4. The van der Waals surface area contributed by atoms with Crippen molar-refractivity contribution in [3.05, 3.63) is 35.1 Å². The molecule has 1 saturated heterocycles. The number of hydrogen-bond acceptors (Lipinski definition) is 3. The van der Waals surface area contributed by atoms with Crippen LogP contribution in [0.15, 0.2) is 22.8 Å². The van der Waals surface area contributed by atoms with Gasteiger partial charge in [-0.05, 0) is 68.8 Å². The van der Waals surface area contributed by atoms with E-state index in [0.717, 1.165) is 48.8 Å². The number of rotatable bonds is 3. The Hall–Kier alpha value is -1.81. The lowest BCUT2D eigenvalue weighted by molar-refractivity contribution is -0.121. The number of furan rings is 1. The van der Waals surface area contributed by atoms with Crippen LogP contribution >= 0.6 is 0 Å². The molecule has 2 heterocycles. The number of aryl methyl sites for hydroxylation is 2. The van der Waals surface area contributed by atoms with Gasteiger partial charge in [0.1, 0.15) is 5.58 Å². The molecule has 122 valence electrons. The van der Waals surface area contributed by atoms with Crippen molar-refractivity contribution in [3.8, 4) is 0 Å². The Balaban J connectivity index is 1.48. The number of amides is 1. The van der Waals surface area contributed by atoms with E-state index >= 15 is 0 Å². The van der Waals surface area contributed by atoms with Gasteiger partial charge in [0, 0.05) is 23.0 Å². The quantitative estimate of drug-likeness (QED) is 0.916. The van der Waals surface area contributed by atoms with Crippen molar-refractivity contribution in [2.45, 2.75) is 57.5 Å². The maximum absolute atomic E-state index is 12.4. The van der Waals surface area contributed by atoms with Gasteiger partial charge >= 0.3 is 0 Å². The lowest BCUT2D eigenvalue weighted by Gasteiger charge is -2.28. The number of piperidine rings is 1. The van der Waals surface area contributed by atoms with E-state index in [1.54, 1.807) is 6.26 Å². The summed E-state index contributed by atoms with van der Waals surface area (Å²) in [5, 5.41) is 7.71. The normalized spacial score (nSPS) is 23.9. The van der Waals surface area contributed by atoms with Gasteiger partial charge in [0.25, 0.3) is 0 Å². The van der Waals surface area contributed by atoms with Crippen LogP contribution in [0.25, 0.3) is 11.0 Å². The number of nitrogens with one attached hydrogen (secondary N) is 2. The molecule has 4 rings (SSSR count). The molecule has 1 aromatic carbocycles. The first-order valence-electron chi connectivity index (χ1n) is 8.73. The molecule has 2 unspecified atom stereocenters. The fourth-order valence-electron chi connectivity index (χ4n) is 4.00. The zero-order chi connectivity index (χ0) is 15.8. The molecule has 1 aliphatic carbocycles. The van der Waals surface area contributed by atoms with Gasteiger partial charge < -0.3 is 15.1 Å². The third-order valence-electron chi connectivity index (χ3n) is 5.21. The van der Waals surface area contributed by atoms with Crippen LogP contribution in [-0.2, 0) is 24.1 Å². The molecule has 2 atom stereocenters. The van der Waals surface area contributed by atoms with Crippen molar-refractivity contribution < 1.29 is 9.21 Å². The zero-order valence-electron chi connectivity index (χ0n) is 13.7. The van der Waals surface area contributed by atoms with Crippen molar-refractivity contribution in [2.24, 2.45) is 0 Å². The first-order chi connectivity index (χ1) is 11.2. The van der Waals surface area contributed by atoms with Gasteiger partial charge in [-0.25, -0.2) is 0 Å². The van der Waals surface area contributed by atoms with E-state index in [2.05, 4.69) is 29.7 Å². The fourth-order valence-corrected chi connectivity index (χ4v) is 4.00. The summed E-state index contributed by atoms with van der Waals surface area (Å²) in [6.45, 7) is 3.15.